The van der Waals surface area contributed by atoms with E-state index in [9.17, 15) is 4.79 Å². The maximum absolute atomic E-state index is 13.1. The van der Waals surface area contributed by atoms with E-state index in [2.05, 4.69) is 74.7 Å². The van der Waals surface area contributed by atoms with Gasteiger partial charge < -0.3 is 15.1 Å². The van der Waals surface area contributed by atoms with Crippen molar-refractivity contribution in [3.05, 3.63) is 95.8 Å². The third-order valence-electron chi connectivity index (χ3n) is 6.36. The quantitative estimate of drug-likeness (QED) is 0.693. The predicted molar refractivity (Wildman–Crippen MR) is 126 cm³/mol. The smallest absolute Gasteiger partial charge is 0.318 e. The van der Waals surface area contributed by atoms with Crippen LogP contribution in [0.5, 0.6) is 0 Å². The van der Waals surface area contributed by atoms with Crippen molar-refractivity contribution in [3.63, 3.8) is 0 Å². The summed E-state index contributed by atoms with van der Waals surface area (Å²) in [6, 6.07) is 23.3. The number of aromatic nitrogens is 1. The topological polar surface area (TPSA) is 51.7 Å². The molecule has 3 heterocycles. The minimum Gasteiger partial charge on any atom is -0.364 e. The van der Waals surface area contributed by atoms with Crippen molar-refractivity contribution in [1.29, 1.82) is 0 Å². The summed E-state index contributed by atoms with van der Waals surface area (Å²) in [6.07, 6.45) is 3.54. The molecule has 0 bridgehead atoms. The van der Waals surface area contributed by atoms with Crippen LogP contribution in [0.4, 0.5) is 10.5 Å². The number of urea groups is 1. The van der Waals surface area contributed by atoms with Crippen molar-refractivity contribution < 1.29 is 4.79 Å². The molecule has 1 atom stereocenters. The second-order valence-corrected chi connectivity index (χ2v) is 8.60. The average molecular weight is 428 g/mol. The van der Waals surface area contributed by atoms with Gasteiger partial charge in [-0.1, -0.05) is 54.6 Å². The van der Waals surface area contributed by atoms with Gasteiger partial charge in [0.25, 0.3) is 0 Å². The van der Waals surface area contributed by atoms with Gasteiger partial charge in [0.05, 0.1) is 6.04 Å². The maximum atomic E-state index is 13.1. The lowest BCUT2D eigenvalue weighted by Crippen LogP contribution is -2.57. The van der Waals surface area contributed by atoms with Crippen molar-refractivity contribution >= 4 is 11.7 Å². The number of para-hydroxylation sites is 1. The maximum Gasteiger partial charge on any atom is 0.318 e. The van der Waals surface area contributed by atoms with E-state index in [-0.39, 0.29) is 12.1 Å². The van der Waals surface area contributed by atoms with Gasteiger partial charge in [-0.3, -0.25) is 9.88 Å². The number of nitrogens with one attached hydrogen (secondary N) is 1. The van der Waals surface area contributed by atoms with E-state index in [1.165, 1.54) is 16.8 Å². The third-order valence-corrected chi connectivity index (χ3v) is 6.36. The van der Waals surface area contributed by atoms with E-state index < -0.39 is 0 Å². The summed E-state index contributed by atoms with van der Waals surface area (Å²) in [6.45, 7) is 5.70. The van der Waals surface area contributed by atoms with Crippen LogP contribution in [-0.4, -0.2) is 53.0 Å². The van der Waals surface area contributed by atoms with E-state index >= 15 is 0 Å². The summed E-state index contributed by atoms with van der Waals surface area (Å²) in [5, 5.41) is 3.09. The summed E-state index contributed by atoms with van der Waals surface area (Å²) in [7, 11) is 0. The zero-order valence-electron chi connectivity index (χ0n) is 18.2. The lowest BCUT2D eigenvalue weighted by atomic mass is 10.1. The molecule has 1 aromatic heterocycles. The molecule has 2 aliphatic rings. The van der Waals surface area contributed by atoms with E-state index in [1.807, 2.05) is 17.0 Å². The Kier molecular flexibility index (Phi) is 6.03. The molecule has 2 aliphatic heterocycles. The number of piperazine rings is 1. The van der Waals surface area contributed by atoms with Crippen LogP contribution in [0, 0.1) is 0 Å². The first-order valence-electron chi connectivity index (χ1n) is 11.3. The summed E-state index contributed by atoms with van der Waals surface area (Å²) in [5.41, 5.74) is 4.81. The van der Waals surface area contributed by atoms with Crippen molar-refractivity contribution in [2.45, 2.75) is 25.7 Å². The van der Waals surface area contributed by atoms with Crippen LogP contribution in [0.15, 0.2) is 79.1 Å². The van der Waals surface area contributed by atoms with Crippen molar-refractivity contribution in [3.8, 4) is 0 Å². The molecular formula is C26H29N5O. The standard InChI is InChI=1S/C26H29N5O/c32-26(28-16-22-9-6-12-27-15-22)30-18-23-10-4-5-11-25(23)31-14-13-29(19-24(31)20-30)17-21-7-2-1-3-8-21/h1-12,15,24H,13-14,16-20H2,(H,28,32). The number of pyridine rings is 1. The highest BCUT2D eigenvalue weighted by atomic mass is 16.2. The third kappa shape index (κ3) is 4.60. The lowest BCUT2D eigenvalue weighted by Gasteiger charge is -2.43. The van der Waals surface area contributed by atoms with E-state index in [4.69, 9.17) is 0 Å². The molecule has 1 saturated heterocycles. The molecule has 1 unspecified atom stereocenters. The first-order chi connectivity index (χ1) is 15.8. The van der Waals surface area contributed by atoms with Gasteiger partial charge in [0, 0.05) is 63.9 Å². The zero-order valence-corrected chi connectivity index (χ0v) is 18.2. The second-order valence-electron chi connectivity index (χ2n) is 8.60. The fourth-order valence-electron chi connectivity index (χ4n) is 4.77. The highest BCUT2D eigenvalue weighted by molar-refractivity contribution is 5.75. The minimum absolute atomic E-state index is 0.0225. The predicted octanol–water partition coefficient (Wildman–Crippen LogP) is 3.50. The van der Waals surface area contributed by atoms with Crippen molar-refractivity contribution in [2.75, 3.05) is 31.1 Å². The average Bonchev–Trinajstić information content (AvgIpc) is 3.00. The Bertz CT molecular complexity index is 1040. The van der Waals surface area contributed by atoms with Crippen molar-refractivity contribution in [1.82, 2.24) is 20.1 Å². The van der Waals surface area contributed by atoms with Gasteiger partial charge in [-0.2, -0.15) is 0 Å². The Morgan fingerprint density at radius 1 is 0.938 bits per heavy atom. The largest absolute Gasteiger partial charge is 0.364 e. The number of fused-ring (bicyclic) bond motifs is 3. The number of carbonyl (C=O) groups excluding carboxylic acids is 1. The second kappa shape index (κ2) is 9.40. The molecule has 6 heteroatoms. The fourth-order valence-corrected chi connectivity index (χ4v) is 4.77. The van der Waals surface area contributed by atoms with E-state index in [0.29, 0.717) is 19.6 Å². The molecule has 1 fully saturated rings. The van der Waals surface area contributed by atoms with Crippen LogP contribution >= 0.6 is 0 Å². The molecule has 1 N–H and O–H groups in total. The monoisotopic (exact) mass is 427 g/mol. The van der Waals surface area contributed by atoms with Crippen LogP contribution in [0.3, 0.4) is 0 Å². The normalized spacial score (nSPS) is 18.4. The summed E-state index contributed by atoms with van der Waals surface area (Å²) >= 11 is 0. The number of nitrogens with zero attached hydrogens (tertiary/aromatic N) is 4. The number of anilines is 1. The minimum atomic E-state index is -0.0225. The van der Waals surface area contributed by atoms with Gasteiger partial charge in [-0.25, -0.2) is 4.79 Å². The Balaban J connectivity index is 1.32. The Hall–Kier alpha value is -3.38. The number of benzene rings is 2. The van der Waals surface area contributed by atoms with E-state index in [1.54, 1.807) is 12.4 Å². The first-order valence-corrected chi connectivity index (χ1v) is 11.3. The molecule has 3 aromatic rings. The van der Waals surface area contributed by atoms with Crippen molar-refractivity contribution in [2.24, 2.45) is 0 Å². The molecule has 2 aromatic carbocycles. The molecule has 6 nitrogen and oxygen atoms in total. The molecule has 164 valence electrons. The molecule has 0 spiro atoms. The molecule has 0 aliphatic carbocycles. The van der Waals surface area contributed by atoms with Gasteiger partial charge in [-0.15, -0.1) is 0 Å². The van der Waals surface area contributed by atoms with Crippen LogP contribution in [-0.2, 0) is 19.6 Å². The van der Waals surface area contributed by atoms with Crippen LogP contribution in [0.2, 0.25) is 0 Å². The Labute approximate surface area is 189 Å². The molecule has 0 radical (unpaired) electrons. The van der Waals surface area contributed by atoms with Gasteiger partial charge in [0.2, 0.25) is 0 Å². The summed E-state index contributed by atoms with van der Waals surface area (Å²) < 4.78 is 0. The molecular weight excluding hydrogens is 398 g/mol. The summed E-state index contributed by atoms with van der Waals surface area (Å²) in [5.74, 6) is 0. The van der Waals surface area contributed by atoms with Gasteiger partial charge in [-0.05, 0) is 28.8 Å². The number of hydrogen-bond donors (Lipinski definition) is 1. The zero-order chi connectivity index (χ0) is 21.8. The summed E-state index contributed by atoms with van der Waals surface area (Å²) in [4.78, 5) is 24.3. The number of amides is 2. The van der Waals surface area contributed by atoms with Crippen LogP contribution in [0.25, 0.3) is 0 Å². The molecule has 2 amide bonds. The molecule has 0 saturated carbocycles. The number of rotatable bonds is 4. The van der Waals surface area contributed by atoms with Gasteiger partial charge >= 0.3 is 6.03 Å². The fraction of sp³-hybridized carbons (Fsp3) is 0.308. The molecule has 32 heavy (non-hydrogen) atoms. The first kappa shape index (κ1) is 20.5. The number of carbonyl (C=O) groups is 1. The van der Waals surface area contributed by atoms with Crippen LogP contribution < -0.4 is 10.2 Å². The Morgan fingerprint density at radius 3 is 2.59 bits per heavy atom. The van der Waals surface area contributed by atoms with Gasteiger partial charge in [0.1, 0.15) is 0 Å². The Morgan fingerprint density at radius 2 is 1.75 bits per heavy atom. The molecule has 5 rings (SSSR count). The van der Waals surface area contributed by atoms with Gasteiger partial charge in [0.15, 0.2) is 0 Å². The number of hydrogen-bond acceptors (Lipinski definition) is 4. The lowest BCUT2D eigenvalue weighted by molar-refractivity contribution is 0.169. The highest BCUT2D eigenvalue weighted by Crippen LogP contribution is 2.30. The SMILES string of the molecule is O=C(NCc1cccnc1)N1Cc2ccccc2N2CCN(Cc3ccccc3)CC2C1. The highest BCUT2D eigenvalue weighted by Gasteiger charge is 2.34. The van der Waals surface area contributed by atoms with E-state index in [0.717, 1.165) is 31.7 Å². The van der Waals surface area contributed by atoms with Crippen LogP contribution in [0.1, 0.15) is 16.7 Å².